The second kappa shape index (κ2) is 9.35. The molecule has 4 rings (SSSR count). The number of thiazole rings is 1. The van der Waals surface area contributed by atoms with E-state index in [0.717, 1.165) is 45.9 Å². The summed E-state index contributed by atoms with van der Waals surface area (Å²) in [6.07, 6.45) is 1.31. The second-order valence-electron chi connectivity index (χ2n) is 8.44. The predicted octanol–water partition coefficient (Wildman–Crippen LogP) is 5.52. The number of hydrogen-bond donors (Lipinski definition) is 1. The van der Waals surface area contributed by atoms with Crippen LogP contribution in [0.2, 0.25) is 0 Å². The third kappa shape index (κ3) is 4.50. The van der Waals surface area contributed by atoms with Crippen LogP contribution >= 0.6 is 11.3 Å². The summed E-state index contributed by atoms with van der Waals surface area (Å²) in [6, 6.07) is 10.8. The number of ether oxygens (including phenoxy) is 1. The molecule has 2 atom stereocenters. The molecule has 2 aromatic carbocycles. The number of amides is 2. The summed E-state index contributed by atoms with van der Waals surface area (Å²) in [5, 5.41) is 6.11. The van der Waals surface area contributed by atoms with Crippen molar-refractivity contribution in [1.82, 2.24) is 4.98 Å². The molecule has 2 amide bonds. The number of fused-ring (bicyclic) bond motifs is 1. The number of aryl methyl sites for hydroxylation is 2. The van der Waals surface area contributed by atoms with Crippen LogP contribution in [-0.2, 0) is 16.0 Å². The van der Waals surface area contributed by atoms with Gasteiger partial charge in [0.25, 0.3) is 5.91 Å². The maximum absolute atomic E-state index is 13.2. The molecule has 1 aromatic heterocycles. The van der Waals surface area contributed by atoms with Crippen molar-refractivity contribution in [2.45, 2.75) is 59.6 Å². The van der Waals surface area contributed by atoms with Gasteiger partial charge in [0.1, 0.15) is 11.8 Å². The minimum atomic E-state index is -0.719. The molecule has 2 heterocycles. The van der Waals surface area contributed by atoms with Gasteiger partial charge in [-0.2, -0.15) is 0 Å². The van der Waals surface area contributed by atoms with Gasteiger partial charge in [-0.05, 0) is 75.9 Å². The summed E-state index contributed by atoms with van der Waals surface area (Å²) in [6.45, 7) is 9.56. The lowest BCUT2D eigenvalue weighted by Crippen LogP contribution is -2.52. The van der Waals surface area contributed by atoms with E-state index in [1.165, 1.54) is 0 Å². The normalized spacial score (nSPS) is 16.2. The number of anilines is 2. The standard InChI is InChI=1S/C26H29N3O3S/c1-6-8-24-27-21(14-33-24)19-11-12-23-22(13-19)29(26(31)18(5)32-23)17(4)25(30)28-20-10-7-9-15(2)16(20)3/h7,9-14,17-18H,6,8H2,1-5H3,(H,28,30). The van der Waals surface area contributed by atoms with Crippen molar-refractivity contribution < 1.29 is 14.3 Å². The smallest absolute Gasteiger partial charge is 0.268 e. The van der Waals surface area contributed by atoms with Gasteiger partial charge in [0.05, 0.1) is 16.4 Å². The molecular weight excluding hydrogens is 434 g/mol. The lowest BCUT2D eigenvalue weighted by Gasteiger charge is -2.36. The molecule has 1 N–H and O–H groups in total. The van der Waals surface area contributed by atoms with Crippen molar-refractivity contribution in [2.75, 3.05) is 10.2 Å². The molecule has 0 radical (unpaired) electrons. The molecule has 6 nitrogen and oxygen atoms in total. The van der Waals surface area contributed by atoms with E-state index in [2.05, 4.69) is 12.2 Å². The van der Waals surface area contributed by atoms with E-state index < -0.39 is 12.1 Å². The molecule has 0 saturated heterocycles. The van der Waals surface area contributed by atoms with Crippen LogP contribution < -0.4 is 15.0 Å². The third-order valence-electron chi connectivity index (χ3n) is 6.05. The number of carbonyl (C=O) groups excluding carboxylic acids is 2. The Morgan fingerprint density at radius 1 is 1.27 bits per heavy atom. The van der Waals surface area contributed by atoms with Gasteiger partial charge in [0.15, 0.2) is 6.10 Å². The van der Waals surface area contributed by atoms with Crippen molar-refractivity contribution in [1.29, 1.82) is 0 Å². The monoisotopic (exact) mass is 463 g/mol. The predicted molar refractivity (Wildman–Crippen MR) is 133 cm³/mol. The highest BCUT2D eigenvalue weighted by molar-refractivity contribution is 7.09. The first-order chi connectivity index (χ1) is 15.8. The number of benzene rings is 2. The summed E-state index contributed by atoms with van der Waals surface area (Å²) in [7, 11) is 0. The Labute approximate surface area is 198 Å². The third-order valence-corrected chi connectivity index (χ3v) is 6.96. The molecule has 0 saturated carbocycles. The lowest BCUT2D eigenvalue weighted by molar-refractivity contribution is -0.128. The summed E-state index contributed by atoms with van der Waals surface area (Å²) in [5.41, 5.74) is 5.20. The minimum Gasteiger partial charge on any atom is -0.479 e. The molecule has 2 unspecified atom stereocenters. The Morgan fingerprint density at radius 2 is 2.06 bits per heavy atom. The lowest BCUT2D eigenvalue weighted by atomic mass is 10.1. The molecule has 0 fully saturated rings. The maximum Gasteiger partial charge on any atom is 0.268 e. The largest absolute Gasteiger partial charge is 0.479 e. The van der Waals surface area contributed by atoms with Gasteiger partial charge >= 0.3 is 0 Å². The number of nitrogens with zero attached hydrogens (tertiary/aromatic N) is 2. The summed E-state index contributed by atoms with van der Waals surface area (Å²) < 4.78 is 5.85. The number of carbonyl (C=O) groups is 2. The Hall–Kier alpha value is -3.19. The topological polar surface area (TPSA) is 71.5 Å². The molecular formula is C26H29N3O3S. The number of hydrogen-bond acceptors (Lipinski definition) is 5. The van der Waals surface area contributed by atoms with Crippen LogP contribution in [0, 0.1) is 13.8 Å². The molecule has 172 valence electrons. The quantitative estimate of drug-likeness (QED) is 0.522. The highest BCUT2D eigenvalue weighted by atomic mass is 32.1. The molecule has 7 heteroatoms. The molecule has 0 aliphatic carbocycles. The molecule has 1 aliphatic rings. The molecule has 0 spiro atoms. The average Bonchev–Trinajstić information content (AvgIpc) is 3.26. The summed E-state index contributed by atoms with van der Waals surface area (Å²) in [4.78, 5) is 32.6. The van der Waals surface area contributed by atoms with Crippen LogP contribution in [-0.4, -0.2) is 28.9 Å². The van der Waals surface area contributed by atoms with E-state index in [1.54, 1.807) is 30.1 Å². The zero-order valence-electron chi connectivity index (χ0n) is 19.6. The first-order valence-electron chi connectivity index (χ1n) is 11.3. The van der Waals surface area contributed by atoms with E-state index in [1.807, 2.05) is 55.6 Å². The summed E-state index contributed by atoms with van der Waals surface area (Å²) in [5.74, 6) is 0.0934. The van der Waals surface area contributed by atoms with Crippen LogP contribution in [0.3, 0.4) is 0 Å². The van der Waals surface area contributed by atoms with E-state index in [9.17, 15) is 9.59 Å². The van der Waals surface area contributed by atoms with Crippen LogP contribution in [0.1, 0.15) is 43.3 Å². The molecule has 3 aromatic rings. The molecule has 1 aliphatic heterocycles. The van der Waals surface area contributed by atoms with Crippen molar-refractivity contribution in [3.8, 4) is 17.0 Å². The van der Waals surface area contributed by atoms with E-state index in [0.29, 0.717) is 11.4 Å². The van der Waals surface area contributed by atoms with Gasteiger partial charge in [0, 0.05) is 16.6 Å². The fraction of sp³-hybridized carbons (Fsp3) is 0.346. The van der Waals surface area contributed by atoms with Gasteiger partial charge in [-0.1, -0.05) is 19.1 Å². The Kier molecular flexibility index (Phi) is 6.51. The van der Waals surface area contributed by atoms with Crippen molar-refractivity contribution in [3.05, 3.63) is 57.9 Å². The first kappa shape index (κ1) is 23.0. The highest BCUT2D eigenvalue weighted by Crippen LogP contribution is 2.39. The van der Waals surface area contributed by atoms with Gasteiger partial charge in [-0.15, -0.1) is 11.3 Å². The minimum absolute atomic E-state index is 0.242. The fourth-order valence-electron chi connectivity index (χ4n) is 3.93. The Morgan fingerprint density at radius 3 is 2.82 bits per heavy atom. The fourth-order valence-corrected chi connectivity index (χ4v) is 4.84. The summed E-state index contributed by atoms with van der Waals surface area (Å²) >= 11 is 1.64. The van der Waals surface area contributed by atoms with Gasteiger partial charge in [-0.3, -0.25) is 14.5 Å². The molecule has 33 heavy (non-hydrogen) atoms. The number of aromatic nitrogens is 1. The average molecular weight is 464 g/mol. The van der Waals surface area contributed by atoms with E-state index in [-0.39, 0.29) is 11.8 Å². The Balaban J connectivity index is 1.67. The first-order valence-corrected chi connectivity index (χ1v) is 12.1. The van der Waals surface area contributed by atoms with Gasteiger partial charge in [0.2, 0.25) is 5.91 Å². The van der Waals surface area contributed by atoms with Gasteiger partial charge in [-0.25, -0.2) is 4.98 Å². The van der Waals surface area contributed by atoms with Crippen LogP contribution in [0.15, 0.2) is 41.8 Å². The highest BCUT2D eigenvalue weighted by Gasteiger charge is 2.37. The number of rotatable bonds is 6. The Bertz CT molecular complexity index is 1200. The zero-order valence-corrected chi connectivity index (χ0v) is 20.5. The molecule has 0 bridgehead atoms. The van der Waals surface area contributed by atoms with Crippen LogP contribution in [0.4, 0.5) is 11.4 Å². The second-order valence-corrected chi connectivity index (χ2v) is 9.38. The van der Waals surface area contributed by atoms with E-state index >= 15 is 0 Å². The van der Waals surface area contributed by atoms with Gasteiger partial charge < -0.3 is 10.1 Å². The van der Waals surface area contributed by atoms with Crippen LogP contribution in [0.5, 0.6) is 5.75 Å². The van der Waals surface area contributed by atoms with Crippen molar-refractivity contribution in [3.63, 3.8) is 0 Å². The van der Waals surface area contributed by atoms with E-state index in [4.69, 9.17) is 9.72 Å². The van der Waals surface area contributed by atoms with Crippen molar-refractivity contribution >= 4 is 34.5 Å². The zero-order chi connectivity index (χ0) is 23.7. The van der Waals surface area contributed by atoms with Crippen molar-refractivity contribution in [2.24, 2.45) is 0 Å². The SMILES string of the molecule is CCCc1nc(-c2ccc3c(c2)N(C(C)C(=O)Nc2cccc(C)c2C)C(=O)C(C)O3)cs1. The van der Waals surface area contributed by atoms with Crippen LogP contribution in [0.25, 0.3) is 11.3 Å². The number of nitrogens with one attached hydrogen (secondary N) is 1. The maximum atomic E-state index is 13.2.